The van der Waals surface area contributed by atoms with E-state index in [0.717, 1.165) is 11.3 Å². The van der Waals surface area contributed by atoms with Crippen molar-refractivity contribution in [2.45, 2.75) is 19.9 Å². The number of aliphatic hydroxyl groups is 1. The number of carbonyl (C=O) groups is 3. The molecule has 0 aliphatic carbocycles. The third-order valence-corrected chi connectivity index (χ3v) is 7.27. The summed E-state index contributed by atoms with van der Waals surface area (Å²) in [6.07, 6.45) is 1.45. The van der Waals surface area contributed by atoms with Crippen molar-refractivity contribution in [2.75, 3.05) is 18.1 Å². The molecule has 1 aliphatic heterocycles. The molecule has 1 N–H and O–H groups in total. The largest absolute Gasteiger partial charge is 0.507 e. The second-order valence-electron chi connectivity index (χ2n) is 7.44. The SMILES string of the molecule is C=CCOC(=O)c1sc(N2C(=O)C(=O)/C(=C(\O)c3ccc(OCC)cc3)C2c2cccs2)nc1C. The molecule has 0 bridgehead atoms. The van der Waals surface area contributed by atoms with Crippen LogP contribution in [0.4, 0.5) is 5.13 Å². The van der Waals surface area contributed by atoms with Crippen LogP contribution in [0.2, 0.25) is 0 Å². The normalized spacial score (nSPS) is 17.0. The van der Waals surface area contributed by atoms with Gasteiger partial charge < -0.3 is 14.6 Å². The molecule has 8 nitrogen and oxygen atoms in total. The maximum Gasteiger partial charge on any atom is 0.350 e. The van der Waals surface area contributed by atoms with Crippen molar-refractivity contribution in [3.63, 3.8) is 0 Å². The van der Waals surface area contributed by atoms with Gasteiger partial charge in [-0.25, -0.2) is 9.78 Å². The quantitative estimate of drug-likeness (QED) is 0.151. The Balaban J connectivity index is 1.80. The average Bonchev–Trinajstić information content (AvgIpc) is 3.57. The number of ketones is 1. The topological polar surface area (TPSA) is 106 Å². The number of carbonyl (C=O) groups excluding carboxylic acids is 3. The number of anilines is 1. The van der Waals surface area contributed by atoms with Crippen LogP contribution in [0, 0.1) is 6.92 Å². The highest BCUT2D eigenvalue weighted by Gasteiger charge is 2.48. The molecule has 0 spiro atoms. The van der Waals surface area contributed by atoms with Gasteiger partial charge in [-0.05, 0) is 49.6 Å². The van der Waals surface area contributed by atoms with E-state index in [1.54, 1.807) is 43.3 Å². The fourth-order valence-electron chi connectivity index (χ4n) is 3.65. The third-order valence-electron chi connectivity index (χ3n) is 5.20. The first-order valence-electron chi connectivity index (χ1n) is 10.7. The minimum absolute atomic E-state index is 0.0350. The van der Waals surface area contributed by atoms with Gasteiger partial charge >= 0.3 is 11.9 Å². The highest BCUT2D eigenvalue weighted by molar-refractivity contribution is 7.18. The van der Waals surface area contributed by atoms with Crippen LogP contribution in [-0.2, 0) is 14.3 Å². The molecule has 35 heavy (non-hydrogen) atoms. The first-order valence-corrected chi connectivity index (χ1v) is 12.4. The van der Waals surface area contributed by atoms with Gasteiger partial charge in [-0.15, -0.1) is 11.3 Å². The van der Waals surface area contributed by atoms with Gasteiger partial charge in [-0.2, -0.15) is 0 Å². The van der Waals surface area contributed by atoms with Gasteiger partial charge in [0.25, 0.3) is 5.78 Å². The highest BCUT2D eigenvalue weighted by atomic mass is 32.1. The second kappa shape index (κ2) is 10.2. The van der Waals surface area contributed by atoms with E-state index in [4.69, 9.17) is 9.47 Å². The van der Waals surface area contributed by atoms with Crippen LogP contribution < -0.4 is 9.64 Å². The number of aliphatic hydroxyl groups excluding tert-OH is 1. The Morgan fingerprint density at radius 2 is 2.00 bits per heavy atom. The van der Waals surface area contributed by atoms with Crippen LogP contribution in [0.1, 0.15) is 38.8 Å². The molecule has 10 heteroatoms. The second-order valence-corrected chi connectivity index (χ2v) is 9.40. The van der Waals surface area contributed by atoms with Crippen LogP contribution in [0.25, 0.3) is 5.76 Å². The lowest BCUT2D eigenvalue weighted by molar-refractivity contribution is -0.132. The predicted octanol–water partition coefficient (Wildman–Crippen LogP) is 4.88. The van der Waals surface area contributed by atoms with E-state index in [9.17, 15) is 19.5 Å². The molecule has 3 heterocycles. The van der Waals surface area contributed by atoms with Crippen molar-refractivity contribution in [1.29, 1.82) is 0 Å². The maximum absolute atomic E-state index is 13.2. The van der Waals surface area contributed by atoms with E-state index in [0.29, 0.717) is 28.5 Å². The number of esters is 1. The number of Topliss-reactive ketones (excluding diaryl/α,β-unsaturated/α-hetero) is 1. The molecule has 1 amide bonds. The number of hydrogen-bond donors (Lipinski definition) is 1. The van der Waals surface area contributed by atoms with Crippen LogP contribution in [0.3, 0.4) is 0 Å². The summed E-state index contributed by atoms with van der Waals surface area (Å²) in [4.78, 5) is 45.3. The fourth-order valence-corrected chi connectivity index (χ4v) is 5.46. The zero-order valence-corrected chi connectivity index (χ0v) is 20.6. The third kappa shape index (κ3) is 4.62. The first kappa shape index (κ1) is 24.4. The van der Waals surface area contributed by atoms with E-state index in [1.807, 2.05) is 12.3 Å². The monoisotopic (exact) mass is 510 g/mol. The Kier molecular flexibility index (Phi) is 7.13. The van der Waals surface area contributed by atoms with Gasteiger partial charge in [-0.3, -0.25) is 14.5 Å². The number of ether oxygens (including phenoxy) is 2. The van der Waals surface area contributed by atoms with E-state index in [-0.39, 0.29) is 27.9 Å². The van der Waals surface area contributed by atoms with Crippen LogP contribution in [-0.4, -0.2) is 41.0 Å². The standard InChI is InChI=1S/C25H22N2O6S2/c1-4-12-33-24(31)22-14(3)26-25(35-22)27-19(17-7-6-13-34-17)18(21(29)23(27)30)20(28)15-8-10-16(11-9-15)32-5-2/h4,6-11,13,19,28H,1,5,12H2,2-3H3/b20-18-. The lowest BCUT2D eigenvalue weighted by Crippen LogP contribution is -2.29. The Labute approximate surface area is 209 Å². The van der Waals surface area contributed by atoms with Crippen LogP contribution >= 0.6 is 22.7 Å². The Hall–Kier alpha value is -3.76. The summed E-state index contributed by atoms with van der Waals surface area (Å²) in [7, 11) is 0. The summed E-state index contributed by atoms with van der Waals surface area (Å²) in [6, 6.07) is 9.28. The molecule has 180 valence electrons. The number of benzene rings is 1. The van der Waals surface area contributed by atoms with E-state index in [1.165, 1.54) is 22.3 Å². The molecular weight excluding hydrogens is 488 g/mol. The molecule has 1 fully saturated rings. The van der Waals surface area contributed by atoms with E-state index in [2.05, 4.69) is 11.6 Å². The number of thiophene rings is 1. The lowest BCUT2D eigenvalue weighted by atomic mass is 10.00. The van der Waals surface area contributed by atoms with E-state index < -0.39 is 23.7 Å². The van der Waals surface area contributed by atoms with Crippen molar-refractivity contribution in [3.8, 4) is 5.75 Å². The summed E-state index contributed by atoms with van der Waals surface area (Å²) in [6.45, 7) is 7.54. The van der Waals surface area contributed by atoms with Gasteiger partial charge in [0.2, 0.25) is 0 Å². The molecule has 1 unspecified atom stereocenters. The molecule has 1 atom stereocenters. The number of rotatable bonds is 8. The number of aryl methyl sites for hydroxylation is 1. The molecular formula is C25H22N2O6S2. The summed E-state index contributed by atoms with van der Waals surface area (Å²) in [5.74, 6) is -1.95. The summed E-state index contributed by atoms with van der Waals surface area (Å²) in [5.41, 5.74) is 0.694. The smallest absolute Gasteiger partial charge is 0.350 e. The number of thiazole rings is 1. The minimum Gasteiger partial charge on any atom is -0.507 e. The number of amides is 1. The van der Waals surface area contributed by atoms with Crippen molar-refractivity contribution in [2.24, 2.45) is 0 Å². The lowest BCUT2D eigenvalue weighted by Gasteiger charge is -2.21. The first-order chi connectivity index (χ1) is 16.9. The Bertz CT molecular complexity index is 1310. The molecule has 0 saturated carbocycles. The molecule has 2 aromatic heterocycles. The fraction of sp³-hybridized carbons (Fsp3) is 0.200. The van der Waals surface area contributed by atoms with Crippen molar-refractivity contribution < 1.29 is 29.0 Å². The van der Waals surface area contributed by atoms with Gasteiger partial charge in [0.1, 0.15) is 29.0 Å². The Morgan fingerprint density at radius 1 is 1.26 bits per heavy atom. The van der Waals surface area contributed by atoms with Crippen LogP contribution in [0.15, 0.2) is 60.0 Å². The number of hydrogen-bond acceptors (Lipinski definition) is 9. The zero-order valence-electron chi connectivity index (χ0n) is 19.0. The number of aromatic nitrogens is 1. The summed E-state index contributed by atoms with van der Waals surface area (Å²) >= 11 is 2.30. The minimum atomic E-state index is -0.899. The van der Waals surface area contributed by atoms with Gasteiger partial charge in [-0.1, -0.05) is 30.1 Å². The molecule has 1 saturated heterocycles. The average molecular weight is 511 g/mol. The van der Waals surface area contributed by atoms with Crippen molar-refractivity contribution in [3.05, 3.63) is 81.0 Å². The number of nitrogens with zero attached hydrogens (tertiary/aromatic N) is 2. The van der Waals surface area contributed by atoms with Crippen LogP contribution in [0.5, 0.6) is 5.75 Å². The summed E-state index contributed by atoms with van der Waals surface area (Å²) in [5, 5.41) is 13.1. The molecule has 1 aliphatic rings. The Morgan fingerprint density at radius 3 is 2.63 bits per heavy atom. The highest BCUT2D eigenvalue weighted by Crippen LogP contribution is 2.45. The maximum atomic E-state index is 13.2. The zero-order chi connectivity index (χ0) is 25.1. The molecule has 4 rings (SSSR count). The van der Waals surface area contributed by atoms with Gasteiger partial charge in [0.05, 0.1) is 17.9 Å². The predicted molar refractivity (Wildman–Crippen MR) is 134 cm³/mol. The summed E-state index contributed by atoms with van der Waals surface area (Å²) < 4.78 is 10.6. The van der Waals surface area contributed by atoms with Crippen molar-refractivity contribution in [1.82, 2.24) is 4.98 Å². The molecule has 0 radical (unpaired) electrons. The van der Waals surface area contributed by atoms with E-state index >= 15 is 0 Å². The van der Waals surface area contributed by atoms with Crippen molar-refractivity contribution >= 4 is 51.2 Å². The van der Waals surface area contributed by atoms with Gasteiger partial charge in [0, 0.05) is 10.4 Å². The molecule has 1 aromatic carbocycles. The molecule has 3 aromatic rings. The van der Waals surface area contributed by atoms with Gasteiger partial charge in [0.15, 0.2) is 5.13 Å².